The van der Waals surface area contributed by atoms with Crippen LogP contribution in [-0.2, 0) is 4.74 Å². The van der Waals surface area contributed by atoms with Gasteiger partial charge in [0, 0.05) is 0 Å². The first-order chi connectivity index (χ1) is 9.20. The van der Waals surface area contributed by atoms with Crippen LogP contribution in [0.1, 0.15) is 42.3 Å². The number of hydrogen-bond acceptors (Lipinski definition) is 5. The summed E-state index contributed by atoms with van der Waals surface area (Å²) in [5.74, 6) is 0.340. The fourth-order valence-corrected chi connectivity index (χ4v) is 2.69. The molecule has 0 spiro atoms. The van der Waals surface area contributed by atoms with Gasteiger partial charge < -0.3 is 15.8 Å². The highest BCUT2D eigenvalue weighted by atomic mass is 79.9. The Morgan fingerprint density at radius 3 is 2.95 bits per heavy atom. The topological polar surface area (TPSA) is 89.6 Å². The number of aliphatic imine (C=N–C) groups is 1. The van der Waals surface area contributed by atoms with Gasteiger partial charge >= 0.3 is 5.97 Å². The first-order valence-corrected chi connectivity index (χ1v) is 7.29. The Kier molecular flexibility index (Phi) is 6.94. The van der Waals surface area contributed by atoms with Gasteiger partial charge in [-0.25, -0.2) is 14.8 Å². The number of anilines is 1. The van der Waals surface area contributed by atoms with Crippen LogP contribution in [0.15, 0.2) is 10.5 Å². The van der Waals surface area contributed by atoms with Gasteiger partial charge in [-0.2, -0.15) is 0 Å². The number of nitrogens with two attached hydrogens (primary N) is 1. The van der Waals surface area contributed by atoms with E-state index in [1.807, 2.05) is 0 Å². The Morgan fingerprint density at radius 1 is 1.60 bits per heavy atom. The van der Waals surface area contributed by atoms with Crippen molar-refractivity contribution in [2.24, 2.45) is 10.7 Å². The van der Waals surface area contributed by atoms with E-state index in [-0.39, 0.29) is 29.0 Å². The van der Waals surface area contributed by atoms with Gasteiger partial charge in [-0.3, -0.25) is 0 Å². The molecule has 0 bridgehead atoms. The van der Waals surface area contributed by atoms with Crippen LogP contribution in [0.5, 0.6) is 0 Å². The molecule has 2 rings (SSSR count). The number of rotatable bonds is 4. The molecule has 8 heteroatoms. The van der Waals surface area contributed by atoms with Gasteiger partial charge in [0.1, 0.15) is 0 Å². The predicted molar refractivity (Wildman–Crippen MR) is 85.9 cm³/mol. The van der Waals surface area contributed by atoms with Crippen LogP contribution in [0.4, 0.5) is 5.82 Å². The van der Waals surface area contributed by atoms with E-state index in [0.29, 0.717) is 23.3 Å². The van der Waals surface area contributed by atoms with Crippen molar-refractivity contribution < 1.29 is 9.53 Å². The Labute approximate surface area is 132 Å². The lowest BCUT2D eigenvalue weighted by molar-refractivity contribution is 0.0533. The summed E-state index contributed by atoms with van der Waals surface area (Å²) in [6.45, 7) is 2.10. The summed E-state index contributed by atoms with van der Waals surface area (Å²) in [6, 6.07) is 0.289. The van der Waals surface area contributed by atoms with Crippen molar-refractivity contribution in [3.8, 4) is 0 Å². The van der Waals surface area contributed by atoms with Crippen molar-refractivity contribution in [1.82, 2.24) is 4.98 Å². The summed E-state index contributed by atoms with van der Waals surface area (Å²) in [4.78, 5) is 20.6. The van der Waals surface area contributed by atoms with E-state index < -0.39 is 0 Å². The summed E-state index contributed by atoms with van der Waals surface area (Å²) in [7, 11) is 0. The first-order valence-electron chi connectivity index (χ1n) is 6.41. The minimum atomic E-state index is -0.388. The summed E-state index contributed by atoms with van der Waals surface area (Å²) >= 11 is 1.22. The number of halogens is 1. The largest absolute Gasteiger partial charge is 0.462 e. The van der Waals surface area contributed by atoms with Crippen LogP contribution >= 0.6 is 28.3 Å². The number of nitrogens with one attached hydrogen (secondary N) is 1. The van der Waals surface area contributed by atoms with E-state index in [4.69, 9.17) is 10.5 Å². The molecule has 112 valence electrons. The Balaban J connectivity index is 0.00000200. The maximum absolute atomic E-state index is 11.7. The number of guanidine groups is 1. The predicted octanol–water partition coefficient (Wildman–Crippen LogP) is 2.57. The van der Waals surface area contributed by atoms with Gasteiger partial charge in [0.15, 0.2) is 16.7 Å². The molecular weight excluding hydrogens is 344 g/mol. The van der Waals surface area contributed by atoms with E-state index in [1.165, 1.54) is 24.2 Å². The van der Waals surface area contributed by atoms with Gasteiger partial charge in [-0.05, 0) is 19.8 Å². The molecule has 1 aliphatic carbocycles. The summed E-state index contributed by atoms with van der Waals surface area (Å²) < 4.78 is 4.95. The van der Waals surface area contributed by atoms with Crippen molar-refractivity contribution in [3.63, 3.8) is 0 Å². The summed E-state index contributed by atoms with van der Waals surface area (Å²) in [6.07, 6.45) is 4.55. The molecule has 0 radical (unpaired) electrons. The maximum Gasteiger partial charge on any atom is 0.352 e. The van der Waals surface area contributed by atoms with Crippen LogP contribution < -0.4 is 11.1 Å². The first kappa shape index (κ1) is 16.9. The molecule has 1 aliphatic rings. The normalized spacial score (nSPS) is 15.8. The van der Waals surface area contributed by atoms with E-state index in [1.54, 1.807) is 12.4 Å². The van der Waals surface area contributed by atoms with Crippen molar-refractivity contribution in [3.05, 3.63) is 10.4 Å². The van der Waals surface area contributed by atoms with Crippen molar-refractivity contribution >= 4 is 46.1 Å². The van der Waals surface area contributed by atoms with Crippen molar-refractivity contribution in [2.45, 2.75) is 38.6 Å². The number of carbonyl (C=O) groups is 1. The molecule has 0 unspecified atom stereocenters. The van der Waals surface area contributed by atoms with Crippen LogP contribution in [0.3, 0.4) is 0 Å². The van der Waals surface area contributed by atoms with Crippen LogP contribution in [-0.4, -0.2) is 29.6 Å². The van der Waals surface area contributed by atoms with Gasteiger partial charge in [-0.1, -0.05) is 12.8 Å². The summed E-state index contributed by atoms with van der Waals surface area (Å²) in [5.41, 5.74) is 7.42. The SMILES string of the molecule is Br.CCOC(=O)c1scnc1NC(N)=NC1CCCC1. The Bertz CT molecular complexity index is 472. The van der Waals surface area contributed by atoms with Gasteiger partial charge in [-0.15, -0.1) is 28.3 Å². The number of esters is 1. The highest BCUT2D eigenvalue weighted by Gasteiger charge is 2.18. The minimum Gasteiger partial charge on any atom is -0.462 e. The smallest absolute Gasteiger partial charge is 0.352 e. The van der Waals surface area contributed by atoms with Gasteiger partial charge in [0.05, 0.1) is 18.2 Å². The lowest BCUT2D eigenvalue weighted by Crippen LogP contribution is -2.25. The molecule has 3 N–H and O–H groups in total. The highest BCUT2D eigenvalue weighted by Crippen LogP contribution is 2.22. The third-order valence-electron chi connectivity index (χ3n) is 2.92. The zero-order valence-electron chi connectivity index (χ0n) is 11.3. The minimum absolute atomic E-state index is 0. The fourth-order valence-electron chi connectivity index (χ4n) is 2.06. The zero-order chi connectivity index (χ0) is 13.7. The molecule has 1 aromatic rings. The number of aromatic nitrogens is 1. The van der Waals surface area contributed by atoms with Crippen LogP contribution in [0, 0.1) is 0 Å². The molecule has 1 fully saturated rings. The molecule has 0 saturated heterocycles. The second-order valence-electron chi connectivity index (χ2n) is 4.33. The molecular formula is C12H19BrN4O2S. The molecule has 0 atom stereocenters. The molecule has 20 heavy (non-hydrogen) atoms. The third-order valence-corrected chi connectivity index (χ3v) is 3.73. The number of carbonyl (C=O) groups excluding carboxylic acids is 1. The number of ether oxygens (including phenoxy) is 1. The fraction of sp³-hybridized carbons (Fsp3) is 0.583. The van der Waals surface area contributed by atoms with Crippen LogP contribution in [0.25, 0.3) is 0 Å². The Hall–Kier alpha value is -1.15. The third kappa shape index (κ3) is 4.45. The Morgan fingerprint density at radius 2 is 2.30 bits per heavy atom. The number of hydrogen-bond donors (Lipinski definition) is 2. The van der Waals surface area contributed by atoms with E-state index in [0.717, 1.165) is 12.8 Å². The molecule has 6 nitrogen and oxygen atoms in total. The van der Waals surface area contributed by atoms with Crippen molar-refractivity contribution in [1.29, 1.82) is 0 Å². The van der Waals surface area contributed by atoms with E-state index >= 15 is 0 Å². The monoisotopic (exact) mass is 362 g/mol. The molecule has 1 saturated carbocycles. The van der Waals surface area contributed by atoms with Crippen molar-refractivity contribution in [2.75, 3.05) is 11.9 Å². The molecule has 1 aromatic heterocycles. The van der Waals surface area contributed by atoms with Gasteiger partial charge in [0.25, 0.3) is 0 Å². The standard InChI is InChI=1S/C12H18N4O2S.BrH/c1-2-18-11(17)9-10(14-7-19-9)16-12(13)15-8-5-3-4-6-8;/h7-8H,2-6H2,1H3,(H3,13,15,16);1H. The summed E-state index contributed by atoms with van der Waals surface area (Å²) in [5, 5.41) is 2.88. The average Bonchev–Trinajstić information content (AvgIpc) is 3.00. The molecule has 1 heterocycles. The second-order valence-corrected chi connectivity index (χ2v) is 5.18. The zero-order valence-corrected chi connectivity index (χ0v) is 13.8. The molecule has 0 amide bonds. The average molecular weight is 363 g/mol. The lowest BCUT2D eigenvalue weighted by atomic mass is 10.3. The lowest BCUT2D eigenvalue weighted by Gasteiger charge is -2.07. The second kappa shape index (κ2) is 8.21. The van der Waals surface area contributed by atoms with E-state index in [9.17, 15) is 4.79 Å². The number of nitrogens with zero attached hydrogens (tertiary/aromatic N) is 2. The maximum atomic E-state index is 11.7. The van der Waals surface area contributed by atoms with E-state index in [2.05, 4.69) is 15.3 Å². The quantitative estimate of drug-likeness (QED) is 0.488. The molecule has 0 aromatic carbocycles. The molecule has 0 aliphatic heterocycles. The number of thiazole rings is 1. The highest BCUT2D eigenvalue weighted by molar-refractivity contribution is 8.93. The van der Waals surface area contributed by atoms with Gasteiger partial charge in [0.2, 0.25) is 0 Å². The van der Waals surface area contributed by atoms with Crippen LogP contribution in [0.2, 0.25) is 0 Å².